The third-order valence-corrected chi connectivity index (χ3v) is 3.97. The molecule has 1 heterocycles. The van der Waals surface area contributed by atoms with Gasteiger partial charge in [0.15, 0.2) is 0 Å². The molecule has 0 aromatic heterocycles. The van der Waals surface area contributed by atoms with Gasteiger partial charge in [0.2, 0.25) is 5.91 Å². The van der Waals surface area contributed by atoms with E-state index in [4.69, 9.17) is 10.8 Å². The zero-order valence-corrected chi connectivity index (χ0v) is 13.1. The summed E-state index contributed by atoms with van der Waals surface area (Å²) in [6.45, 7) is 0.0428. The fraction of sp³-hybridized carbons (Fsp3) is 0.438. The van der Waals surface area contributed by atoms with Gasteiger partial charge in [-0.3, -0.25) is 14.4 Å². The minimum Gasteiger partial charge on any atom is -0.481 e. The van der Waals surface area contributed by atoms with E-state index in [1.807, 2.05) is 12.1 Å². The highest BCUT2D eigenvalue weighted by molar-refractivity contribution is 5.98. The summed E-state index contributed by atoms with van der Waals surface area (Å²) in [7, 11) is 0. The molecular formula is C16H21N3O5. The van der Waals surface area contributed by atoms with Crippen molar-refractivity contribution in [1.29, 1.82) is 0 Å². The van der Waals surface area contributed by atoms with Crippen molar-refractivity contribution >= 4 is 17.8 Å². The molecule has 0 saturated heterocycles. The van der Waals surface area contributed by atoms with Gasteiger partial charge in [0.25, 0.3) is 5.91 Å². The molecule has 130 valence electrons. The lowest BCUT2D eigenvalue weighted by molar-refractivity contribution is -0.138. The molecule has 2 unspecified atom stereocenters. The number of carboxylic acids is 1. The second-order valence-electron chi connectivity index (χ2n) is 5.71. The number of nitrogens with zero attached hydrogens (tertiary/aromatic N) is 1. The van der Waals surface area contributed by atoms with E-state index in [1.165, 1.54) is 4.90 Å². The van der Waals surface area contributed by atoms with Crippen molar-refractivity contribution in [2.45, 2.75) is 25.0 Å². The lowest BCUT2D eigenvalue weighted by Gasteiger charge is -2.29. The van der Waals surface area contributed by atoms with E-state index in [9.17, 15) is 19.5 Å². The zero-order valence-electron chi connectivity index (χ0n) is 13.1. The number of benzene rings is 1. The first-order valence-electron chi connectivity index (χ1n) is 7.69. The van der Waals surface area contributed by atoms with Crippen LogP contribution in [0.3, 0.4) is 0 Å². The summed E-state index contributed by atoms with van der Waals surface area (Å²) in [5.74, 6) is -1.92. The highest BCUT2D eigenvalue weighted by Crippen LogP contribution is 2.18. The Morgan fingerprint density at radius 3 is 2.71 bits per heavy atom. The summed E-state index contributed by atoms with van der Waals surface area (Å²) in [4.78, 5) is 36.7. The fourth-order valence-electron chi connectivity index (χ4n) is 2.69. The Labute approximate surface area is 139 Å². The Bertz CT molecular complexity index is 634. The van der Waals surface area contributed by atoms with Gasteiger partial charge in [-0.2, -0.15) is 0 Å². The molecule has 8 nitrogen and oxygen atoms in total. The molecule has 24 heavy (non-hydrogen) atoms. The lowest BCUT2D eigenvalue weighted by Crippen LogP contribution is -2.51. The van der Waals surface area contributed by atoms with E-state index in [1.54, 1.807) is 12.1 Å². The lowest BCUT2D eigenvalue weighted by atomic mass is 9.99. The third kappa shape index (κ3) is 4.30. The SMILES string of the molecule is NCC(O)C(CC(=O)O)NC(=O)CN1CCc2ccccc2C1=O. The Morgan fingerprint density at radius 1 is 1.33 bits per heavy atom. The van der Waals surface area contributed by atoms with Crippen LogP contribution in [0.1, 0.15) is 22.3 Å². The first kappa shape index (κ1) is 17.9. The van der Waals surface area contributed by atoms with Gasteiger partial charge in [-0.25, -0.2) is 0 Å². The third-order valence-electron chi connectivity index (χ3n) is 3.97. The first-order chi connectivity index (χ1) is 11.4. The minimum atomic E-state index is -1.16. The van der Waals surface area contributed by atoms with Crippen LogP contribution >= 0.6 is 0 Å². The molecule has 0 spiro atoms. The Morgan fingerprint density at radius 2 is 2.04 bits per heavy atom. The number of rotatable bonds is 7. The van der Waals surface area contributed by atoms with Gasteiger partial charge < -0.3 is 26.2 Å². The van der Waals surface area contributed by atoms with Crippen molar-refractivity contribution in [2.24, 2.45) is 5.73 Å². The topological polar surface area (TPSA) is 133 Å². The predicted octanol–water partition coefficient (Wildman–Crippen LogP) is -1.04. The summed E-state index contributed by atoms with van der Waals surface area (Å²) in [6, 6.07) is 6.23. The maximum absolute atomic E-state index is 12.4. The number of carboxylic acid groups (broad SMARTS) is 1. The van der Waals surface area contributed by atoms with E-state index < -0.39 is 30.4 Å². The molecule has 0 fully saturated rings. The van der Waals surface area contributed by atoms with Crippen molar-refractivity contribution in [1.82, 2.24) is 10.2 Å². The molecule has 1 aromatic carbocycles. The number of nitrogens with two attached hydrogens (primary N) is 1. The van der Waals surface area contributed by atoms with Gasteiger partial charge >= 0.3 is 5.97 Å². The molecule has 8 heteroatoms. The summed E-state index contributed by atoms with van der Waals surface area (Å²) >= 11 is 0. The fourth-order valence-corrected chi connectivity index (χ4v) is 2.69. The predicted molar refractivity (Wildman–Crippen MR) is 85.3 cm³/mol. The minimum absolute atomic E-state index is 0.172. The maximum Gasteiger partial charge on any atom is 0.305 e. The molecule has 2 atom stereocenters. The zero-order chi connectivity index (χ0) is 17.7. The van der Waals surface area contributed by atoms with E-state index >= 15 is 0 Å². The number of hydrogen-bond donors (Lipinski definition) is 4. The molecule has 2 rings (SSSR count). The Hall–Kier alpha value is -2.45. The number of carbonyl (C=O) groups excluding carboxylic acids is 2. The van der Waals surface area contributed by atoms with E-state index in [0.717, 1.165) is 5.56 Å². The molecule has 1 aliphatic rings. The number of hydrogen-bond acceptors (Lipinski definition) is 5. The van der Waals surface area contributed by atoms with Crippen LogP contribution in [0, 0.1) is 0 Å². The van der Waals surface area contributed by atoms with Crippen molar-refractivity contribution in [3.63, 3.8) is 0 Å². The van der Waals surface area contributed by atoms with Crippen LogP contribution in [0.5, 0.6) is 0 Å². The summed E-state index contributed by atoms with van der Waals surface area (Å²) in [5, 5.41) is 21.0. The standard InChI is InChI=1S/C16H21N3O5/c17-8-13(20)12(7-15(22)23)18-14(21)9-19-6-5-10-3-1-2-4-11(10)16(19)24/h1-4,12-13,20H,5-9,17H2,(H,18,21)(H,22,23). The molecule has 0 saturated carbocycles. The Balaban J connectivity index is 1.99. The van der Waals surface area contributed by atoms with Gasteiger partial charge in [0.1, 0.15) is 0 Å². The van der Waals surface area contributed by atoms with Crippen LogP contribution in [0.15, 0.2) is 24.3 Å². The molecule has 0 bridgehead atoms. The van der Waals surface area contributed by atoms with Crippen LogP contribution in [0.4, 0.5) is 0 Å². The summed E-state index contributed by atoms with van der Waals surface area (Å²) in [5.41, 5.74) is 6.84. The monoisotopic (exact) mass is 335 g/mol. The number of aliphatic hydroxyl groups is 1. The summed E-state index contributed by atoms with van der Waals surface area (Å²) in [6.07, 6.45) is -0.956. The average Bonchev–Trinajstić information content (AvgIpc) is 2.56. The molecular weight excluding hydrogens is 314 g/mol. The highest BCUT2D eigenvalue weighted by Gasteiger charge is 2.28. The van der Waals surface area contributed by atoms with Gasteiger partial charge in [-0.1, -0.05) is 18.2 Å². The number of nitrogens with one attached hydrogen (secondary N) is 1. The number of aliphatic hydroxyl groups excluding tert-OH is 1. The molecule has 5 N–H and O–H groups in total. The second kappa shape index (κ2) is 7.89. The van der Waals surface area contributed by atoms with Crippen LogP contribution in [0.25, 0.3) is 0 Å². The number of fused-ring (bicyclic) bond motifs is 1. The molecule has 1 aliphatic heterocycles. The van der Waals surface area contributed by atoms with Crippen LogP contribution in [-0.2, 0) is 16.0 Å². The van der Waals surface area contributed by atoms with Crippen LogP contribution in [0.2, 0.25) is 0 Å². The average molecular weight is 335 g/mol. The van der Waals surface area contributed by atoms with E-state index in [2.05, 4.69) is 5.32 Å². The largest absolute Gasteiger partial charge is 0.481 e. The molecule has 2 amide bonds. The van der Waals surface area contributed by atoms with Gasteiger partial charge in [-0.15, -0.1) is 0 Å². The number of carbonyl (C=O) groups is 3. The highest BCUT2D eigenvalue weighted by atomic mass is 16.4. The molecule has 0 aliphatic carbocycles. The van der Waals surface area contributed by atoms with Gasteiger partial charge in [0.05, 0.1) is 25.1 Å². The number of aliphatic carboxylic acids is 1. The maximum atomic E-state index is 12.4. The molecule has 0 radical (unpaired) electrons. The van der Waals surface area contributed by atoms with Crippen molar-refractivity contribution in [3.8, 4) is 0 Å². The smallest absolute Gasteiger partial charge is 0.305 e. The second-order valence-corrected chi connectivity index (χ2v) is 5.71. The van der Waals surface area contributed by atoms with Crippen molar-refractivity contribution in [3.05, 3.63) is 35.4 Å². The summed E-state index contributed by atoms with van der Waals surface area (Å²) < 4.78 is 0. The van der Waals surface area contributed by atoms with E-state index in [-0.39, 0.29) is 19.0 Å². The number of amides is 2. The Kier molecular flexibility index (Phi) is 5.88. The van der Waals surface area contributed by atoms with Gasteiger partial charge in [0, 0.05) is 18.7 Å². The van der Waals surface area contributed by atoms with Crippen LogP contribution in [-0.4, -0.2) is 64.7 Å². The van der Waals surface area contributed by atoms with Crippen LogP contribution < -0.4 is 11.1 Å². The van der Waals surface area contributed by atoms with Crippen molar-refractivity contribution < 1.29 is 24.6 Å². The van der Waals surface area contributed by atoms with Gasteiger partial charge in [-0.05, 0) is 18.1 Å². The van der Waals surface area contributed by atoms with E-state index in [0.29, 0.717) is 18.5 Å². The quantitative estimate of drug-likeness (QED) is 0.503. The molecule has 1 aromatic rings. The first-order valence-corrected chi connectivity index (χ1v) is 7.69. The normalized spacial score (nSPS) is 16.2. The van der Waals surface area contributed by atoms with Crippen molar-refractivity contribution in [2.75, 3.05) is 19.6 Å².